The minimum atomic E-state index is 0.557. The van der Waals surface area contributed by atoms with Crippen LogP contribution in [0.5, 0.6) is 0 Å². The molecule has 0 saturated heterocycles. The molecule has 0 aliphatic heterocycles. The van der Waals surface area contributed by atoms with Crippen LogP contribution in [-0.4, -0.2) is 0 Å². The molecule has 2 aliphatic rings. The van der Waals surface area contributed by atoms with E-state index in [0.717, 1.165) is 0 Å². The maximum Gasteiger partial charge on any atom is 0.0208 e. The van der Waals surface area contributed by atoms with E-state index in [9.17, 15) is 0 Å². The molecule has 91 valence electrons. The Bertz CT molecular complexity index is 609. The fraction of sp³-hybridized carbons (Fsp3) is 0.278. The fourth-order valence-corrected chi connectivity index (χ4v) is 3.14. The van der Waals surface area contributed by atoms with E-state index in [1.807, 2.05) is 0 Å². The van der Waals surface area contributed by atoms with E-state index < -0.39 is 0 Å². The predicted molar refractivity (Wildman–Crippen MR) is 78.1 cm³/mol. The van der Waals surface area contributed by atoms with E-state index in [-0.39, 0.29) is 0 Å². The van der Waals surface area contributed by atoms with Gasteiger partial charge in [-0.2, -0.15) is 0 Å². The standard InChI is InChI=1S/C18H19/c1-11-12(2)14(4)18(13(11)3)17-9-15-7-5-6-8-16(15)10-17/h5-10,13H,1-4H3. The summed E-state index contributed by atoms with van der Waals surface area (Å²) in [5, 5.41) is 0. The molecule has 2 aliphatic carbocycles. The lowest BCUT2D eigenvalue weighted by Gasteiger charge is -2.13. The fourth-order valence-electron chi connectivity index (χ4n) is 3.14. The number of hydrogen-bond donors (Lipinski definition) is 0. The molecule has 0 nitrogen and oxygen atoms in total. The first-order valence-electron chi connectivity index (χ1n) is 6.64. The van der Waals surface area contributed by atoms with Crippen LogP contribution in [0, 0.1) is 12.3 Å². The van der Waals surface area contributed by atoms with Gasteiger partial charge in [0, 0.05) is 12.3 Å². The van der Waals surface area contributed by atoms with E-state index in [1.165, 1.54) is 39.0 Å². The summed E-state index contributed by atoms with van der Waals surface area (Å²) < 4.78 is 0. The first-order chi connectivity index (χ1) is 8.59. The van der Waals surface area contributed by atoms with Gasteiger partial charge in [0.25, 0.3) is 0 Å². The van der Waals surface area contributed by atoms with E-state index in [2.05, 4.69) is 64.5 Å². The lowest BCUT2D eigenvalue weighted by atomic mass is 9.90. The maximum absolute atomic E-state index is 2.33. The van der Waals surface area contributed by atoms with Crippen molar-refractivity contribution in [2.75, 3.05) is 0 Å². The van der Waals surface area contributed by atoms with Crippen LogP contribution in [0.3, 0.4) is 0 Å². The van der Waals surface area contributed by atoms with Crippen molar-refractivity contribution in [3.05, 3.63) is 69.7 Å². The van der Waals surface area contributed by atoms with Crippen LogP contribution in [0.4, 0.5) is 0 Å². The highest BCUT2D eigenvalue weighted by atomic mass is 14.3. The van der Waals surface area contributed by atoms with Gasteiger partial charge in [-0.05, 0) is 54.2 Å². The van der Waals surface area contributed by atoms with Gasteiger partial charge in [0.15, 0.2) is 0 Å². The van der Waals surface area contributed by atoms with Crippen LogP contribution >= 0.6 is 0 Å². The van der Waals surface area contributed by atoms with Gasteiger partial charge in [0.1, 0.15) is 0 Å². The van der Waals surface area contributed by atoms with Crippen molar-refractivity contribution < 1.29 is 0 Å². The Labute approximate surface area is 110 Å². The monoisotopic (exact) mass is 235 g/mol. The van der Waals surface area contributed by atoms with Gasteiger partial charge in [0.05, 0.1) is 0 Å². The Morgan fingerprint density at radius 2 is 1.56 bits per heavy atom. The largest absolute Gasteiger partial charge is 0.0629 e. The minimum Gasteiger partial charge on any atom is -0.0629 e. The number of benzene rings is 1. The molecule has 0 spiro atoms. The van der Waals surface area contributed by atoms with Gasteiger partial charge in [-0.1, -0.05) is 42.8 Å². The molecule has 0 heterocycles. The zero-order valence-electron chi connectivity index (χ0n) is 11.5. The molecule has 1 atom stereocenters. The Morgan fingerprint density at radius 3 is 2.11 bits per heavy atom. The Morgan fingerprint density at radius 1 is 0.889 bits per heavy atom. The molecule has 0 amide bonds. The number of fused-ring (bicyclic) bond motifs is 1. The SMILES string of the molecule is CC1=C(C)C(C)C(C2=Cc3ccccc3[CH]2)=C1C. The highest BCUT2D eigenvalue weighted by Gasteiger charge is 2.28. The second kappa shape index (κ2) is 3.98. The summed E-state index contributed by atoms with van der Waals surface area (Å²) >= 11 is 0. The van der Waals surface area contributed by atoms with Crippen LogP contribution < -0.4 is 0 Å². The van der Waals surface area contributed by atoms with Crippen molar-refractivity contribution in [2.45, 2.75) is 27.7 Å². The summed E-state index contributed by atoms with van der Waals surface area (Å²) in [6.45, 7) is 9.09. The topological polar surface area (TPSA) is 0 Å². The number of hydrogen-bond acceptors (Lipinski definition) is 0. The van der Waals surface area contributed by atoms with Crippen molar-refractivity contribution >= 4 is 6.08 Å². The molecule has 0 heteroatoms. The van der Waals surface area contributed by atoms with Crippen molar-refractivity contribution in [1.29, 1.82) is 0 Å². The third-order valence-electron chi connectivity index (χ3n) is 4.57. The van der Waals surface area contributed by atoms with Crippen molar-refractivity contribution in [2.24, 2.45) is 5.92 Å². The molecular formula is C18H19. The molecule has 18 heavy (non-hydrogen) atoms. The second-order valence-electron chi connectivity index (χ2n) is 5.44. The molecule has 1 unspecified atom stereocenters. The van der Waals surface area contributed by atoms with Crippen molar-refractivity contribution in [3.63, 3.8) is 0 Å². The minimum absolute atomic E-state index is 0.557. The van der Waals surface area contributed by atoms with Gasteiger partial charge in [-0.3, -0.25) is 0 Å². The molecular weight excluding hydrogens is 216 g/mol. The highest BCUT2D eigenvalue weighted by molar-refractivity contribution is 5.76. The molecule has 0 N–H and O–H groups in total. The zero-order chi connectivity index (χ0) is 12.9. The van der Waals surface area contributed by atoms with Gasteiger partial charge in [0.2, 0.25) is 0 Å². The molecule has 0 saturated carbocycles. The third kappa shape index (κ3) is 1.52. The lowest BCUT2D eigenvalue weighted by molar-refractivity contribution is 0.827. The molecule has 3 rings (SSSR count). The van der Waals surface area contributed by atoms with Crippen LogP contribution in [0.2, 0.25) is 0 Å². The summed E-state index contributed by atoms with van der Waals surface area (Å²) in [5.74, 6) is 0.557. The third-order valence-corrected chi connectivity index (χ3v) is 4.57. The molecule has 1 aromatic rings. The highest BCUT2D eigenvalue weighted by Crippen LogP contribution is 2.44. The average Bonchev–Trinajstić information content (AvgIpc) is 2.86. The number of rotatable bonds is 1. The first kappa shape index (κ1) is 11.5. The zero-order valence-corrected chi connectivity index (χ0v) is 11.5. The summed E-state index contributed by atoms with van der Waals surface area (Å²) in [5.41, 5.74) is 10.1. The summed E-state index contributed by atoms with van der Waals surface area (Å²) in [7, 11) is 0. The molecule has 1 radical (unpaired) electrons. The van der Waals surface area contributed by atoms with E-state index in [0.29, 0.717) is 5.92 Å². The van der Waals surface area contributed by atoms with E-state index in [4.69, 9.17) is 0 Å². The van der Waals surface area contributed by atoms with Gasteiger partial charge < -0.3 is 0 Å². The average molecular weight is 235 g/mol. The maximum atomic E-state index is 2.33. The quantitative estimate of drug-likeness (QED) is 0.647. The van der Waals surface area contributed by atoms with Crippen molar-refractivity contribution in [3.8, 4) is 0 Å². The number of allylic oxidation sites excluding steroid dienone is 5. The predicted octanol–water partition coefficient (Wildman–Crippen LogP) is 4.94. The molecule has 0 aromatic heterocycles. The van der Waals surface area contributed by atoms with E-state index in [1.54, 1.807) is 0 Å². The normalized spacial score (nSPS) is 22.7. The van der Waals surface area contributed by atoms with Crippen LogP contribution in [-0.2, 0) is 0 Å². The molecule has 0 fully saturated rings. The van der Waals surface area contributed by atoms with Crippen molar-refractivity contribution in [1.82, 2.24) is 0 Å². The molecule has 0 bridgehead atoms. The van der Waals surface area contributed by atoms with Crippen LogP contribution in [0.25, 0.3) is 6.08 Å². The van der Waals surface area contributed by atoms with Gasteiger partial charge >= 0.3 is 0 Å². The first-order valence-corrected chi connectivity index (χ1v) is 6.64. The van der Waals surface area contributed by atoms with E-state index >= 15 is 0 Å². The van der Waals surface area contributed by atoms with Crippen LogP contribution in [0.15, 0.2) is 52.1 Å². The summed E-state index contributed by atoms with van der Waals surface area (Å²) in [4.78, 5) is 0. The van der Waals surface area contributed by atoms with Crippen LogP contribution in [0.1, 0.15) is 38.8 Å². The smallest absolute Gasteiger partial charge is 0.0208 e. The Hall–Kier alpha value is -1.56. The Balaban J connectivity index is 2.02. The molecule has 1 aromatic carbocycles. The van der Waals surface area contributed by atoms with Gasteiger partial charge in [-0.25, -0.2) is 0 Å². The summed E-state index contributed by atoms with van der Waals surface area (Å²) in [6, 6.07) is 8.61. The summed E-state index contributed by atoms with van der Waals surface area (Å²) in [6.07, 6.45) is 4.66. The Kier molecular flexibility index (Phi) is 2.55. The second-order valence-corrected chi connectivity index (χ2v) is 5.44. The van der Waals surface area contributed by atoms with Gasteiger partial charge in [-0.15, -0.1) is 0 Å². The lowest BCUT2D eigenvalue weighted by Crippen LogP contribution is -2.00.